The van der Waals surface area contributed by atoms with Gasteiger partial charge in [0.25, 0.3) is 10.0 Å². The Kier molecular flexibility index (Phi) is 3.00. The van der Waals surface area contributed by atoms with Crippen LogP contribution in [0.25, 0.3) is 0 Å². The fourth-order valence-electron chi connectivity index (χ4n) is 1.42. The summed E-state index contributed by atoms with van der Waals surface area (Å²) in [5.41, 5.74) is 0.987. The fourth-order valence-corrected chi connectivity index (χ4v) is 2.46. The fraction of sp³-hybridized carbons (Fsp3) is 0.182. The van der Waals surface area contributed by atoms with Gasteiger partial charge in [-0.1, -0.05) is 6.07 Å². The minimum Gasteiger partial charge on any atom is -0.508 e. The molecule has 1 aromatic carbocycles. The number of phenolic OH excluding ortho intramolecular Hbond substituents is 1. The summed E-state index contributed by atoms with van der Waals surface area (Å²) in [4.78, 5) is 0.0741. The zero-order valence-electron chi connectivity index (χ0n) is 9.95. The van der Waals surface area contributed by atoms with Crippen LogP contribution in [0, 0.1) is 6.92 Å². The first-order valence-electron chi connectivity index (χ1n) is 5.19. The van der Waals surface area contributed by atoms with E-state index in [1.807, 2.05) is 0 Å². The summed E-state index contributed by atoms with van der Waals surface area (Å²) in [6.45, 7) is 1.73. The monoisotopic (exact) mass is 267 g/mol. The van der Waals surface area contributed by atoms with E-state index in [9.17, 15) is 13.5 Å². The van der Waals surface area contributed by atoms with Gasteiger partial charge in [0.05, 0.1) is 11.9 Å². The molecule has 2 rings (SSSR count). The Hall–Kier alpha value is -2.02. The maximum Gasteiger partial charge on any atom is 0.265 e. The molecule has 18 heavy (non-hydrogen) atoms. The summed E-state index contributed by atoms with van der Waals surface area (Å²) in [6.07, 6.45) is 2.66. The van der Waals surface area contributed by atoms with Crippen LogP contribution in [0.2, 0.25) is 0 Å². The Morgan fingerprint density at radius 2 is 2.11 bits per heavy atom. The van der Waals surface area contributed by atoms with Crippen LogP contribution in [0.4, 0.5) is 5.69 Å². The van der Waals surface area contributed by atoms with Crippen molar-refractivity contribution in [2.75, 3.05) is 4.72 Å². The number of aromatic nitrogens is 2. The van der Waals surface area contributed by atoms with Gasteiger partial charge in [-0.05, 0) is 18.6 Å². The van der Waals surface area contributed by atoms with Crippen molar-refractivity contribution >= 4 is 15.7 Å². The van der Waals surface area contributed by atoms with Gasteiger partial charge in [-0.25, -0.2) is 8.42 Å². The van der Waals surface area contributed by atoms with Crippen LogP contribution >= 0.6 is 0 Å². The molecule has 0 aliphatic carbocycles. The van der Waals surface area contributed by atoms with Crippen LogP contribution in [-0.4, -0.2) is 23.3 Å². The van der Waals surface area contributed by atoms with Gasteiger partial charge in [-0.15, -0.1) is 0 Å². The van der Waals surface area contributed by atoms with Crippen molar-refractivity contribution in [3.63, 3.8) is 0 Å². The van der Waals surface area contributed by atoms with Crippen LogP contribution < -0.4 is 4.72 Å². The van der Waals surface area contributed by atoms with Crippen LogP contribution in [0.1, 0.15) is 5.56 Å². The van der Waals surface area contributed by atoms with Crippen molar-refractivity contribution in [2.24, 2.45) is 7.05 Å². The first-order valence-corrected chi connectivity index (χ1v) is 6.68. The Labute approximate surface area is 105 Å². The Bertz CT molecular complexity index is 677. The lowest BCUT2D eigenvalue weighted by Crippen LogP contribution is -2.12. The molecule has 0 amide bonds. The van der Waals surface area contributed by atoms with Gasteiger partial charge >= 0.3 is 0 Å². The molecule has 0 saturated carbocycles. The van der Waals surface area contributed by atoms with Crippen LogP contribution in [0.3, 0.4) is 0 Å². The van der Waals surface area contributed by atoms with E-state index in [0.29, 0.717) is 11.3 Å². The van der Waals surface area contributed by atoms with Crippen molar-refractivity contribution in [3.8, 4) is 5.75 Å². The van der Waals surface area contributed by atoms with Gasteiger partial charge in [0.1, 0.15) is 10.6 Å². The molecule has 7 heteroatoms. The molecule has 0 saturated heterocycles. The number of nitrogens with one attached hydrogen (secondary N) is 1. The molecule has 0 aliphatic heterocycles. The van der Waals surface area contributed by atoms with Gasteiger partial charge in [-0.2, -0.15) is 5.10 Å². The molecule has 0 atom stereocenters. The zero-order chi connectivity index (χ0) is 13.3. The average molecular weight is 267 g/mol. The number of aryl methyl sites for hydroxylation is 2. The topological polar surface area (TPSA) is 84.2 Å². The molecule has 0 bridgehead atoms. The van der Waals surface area contributed by atoms with Crippen molar-refractivity contribution in [1.82, 2.24) is 9.78 Å². The van der Waals surface area contributed by atoms with E-state index in [0.717, 1.165) is 0 Å². The van der Waals surface area contributed by atoms with E-state index in [-0.39, 0.29) is 10.6 Å². The Morgan fingerprint density at radius 3 is 2.67 bits per heavy atom. The Balaban J connectivity index is 2.30. The maximum absolute atomic E-state index is 12.0. The van der Waals surface area contributed by atoms with Gasteiger partial charge in [0, 0.05) is 19.3 Å². The molecule has 96 valence electrons. The number of anilines is 1. The number of phenols is 1. The second-order valence-electron chi connectivity index (χ2n) is 3.96. The second-order valence-corrected chi connectivity index (χ2v) is 5.64. The Morgan fingerprint density at radius 1 is 1.39 bits per heavy atom. The standard InChI is InChI=1S/C11H13N3O3S/c1-8-3-4-9(5-11(8)15)13-18(16,17)10-6-12-14(2)7-10/h3-7,13,15H,1-2H3. The number of sulfonamides is 1. The van der Waals surface area contributed by atoms with Crippen molar-refractivity contribution in [3.05, 3.63) is 36.2 Å². The minimum atomic E-state index is -3.67. The molecule has 1 aromatic heterocycles. The van der Waals surface area contributed by atoms with Crippen molar-refractivity contribution < 1.29 is 13.5 Å². The number of rotatable bonds is 3. The summed E-state index contributed by atoms with van der Waals surface area (Å²) < 4.78 is 27.7. The van der Waals surface area contributed by atoms with E-state index in [1.165, 1.54) is 23.1 Å². The first-order chi connectivity index (χ1) is 8.38. The molecule has 0 radical (unpaired) electrons. The van der Waals surface area contributed by atoms with Crippen LogP contribution in [0.5, 0.6) is 5.75 Å². The van der Waals surface area contributed by atoms with E-state index in [1.54, 1.807) is 26.1 Å². The first kappa shape index (κ1) is 12.4. The van der Waals surface area contributed by atoms with Crippen molar-refractivity contribution in [2.45, 2.75) is 11.8 Å². The molecule has 2 aromatic rings. The predicted molar refractivity (Wildman–Crippen MR) is 66.9 cm³/mol. The molecule has 0 aliphatic rings. The highest BCUT2D eigenvalue weighted by Gasteiger charge is 2.16. The summed E-state index contributed by atoms with van der Waals surface area (Å²) in [6, 6.07) is 4.59. The largest absolute Gasteiger partial charge is 0.508 e. The third-order valence-corrected chi connectivity index (χ3v) is 3.79. The summed E-state index contributed by atoms with van der Waals surface area (Å²) in [7, 11) is -2.03. The number of nitrogens with zero attached hydrogens (tertiary/aromatic N) is 2. The minimum absolute atomic E-state index is 0.0430. The quantitative estimate of drug-likeness (QED) is 0.876. The molecular weight excluding hydrogens is 254 g/mol. The molecular formula is C11H13N3O3S. The van der Waals surface area contributed by atoms with Crippen molar-refractivity contribution in [1.29, 1.82) is 0 Å². The summed E-state index contributed by atoms with van der Waals surface area (Å²) in [5.74, 6) is 0.0430. The van der Waals surface area contributed by atoms with Gasteiger partial charge in [-0.3, -0.25) is 9.40 Å². The zero-order valence-corrected chi connectivity index (χ0v) is 10.8. The highest BCUT2D eigenvalue weighted by molar-refractivity contribution is 7.92. The molecule has 0 unspecified atom stereocenters. The lowest BCUT2D eigenvalue weighted by atomic mass is 10.2. The van der Waals surface area contributed by atoms with E-state index < -0.39 is 10.0 Å². The lowest BCUT2D eigenvalue weighted by Gasteiger charge is -2.07. The SMILES string of the molecule is Cc1ccc(NS(=O)(=O)c2cnn(C)c2)cc1O. The normalized spacial score (nSPS) is 11.4. The average Bonchev–Trinajstić information content (AvgIpc) is 2.71. The number of benzene rings is 1. The highest BCUT2D eigenvalue weighted by Crippen LogP contribution is 2.23. The van der Waals surface area contributed by atoms with E-state index >= 15 is 0 Å². The van der Waals surface area contributed by atoms with Gasteiger partial charge < -0.3 is 5.11 Å². The second kappa shape index (κ2) is 4.34. The molecule has 6 nitrogen and oxygen atoms in total. The van der Waals surface area contributed by atoms with Crippen LogP contribution in [-0.2, 0) is 17.1 Å². The molecule has 1 heterocycles. The summed E-state index contributed by atoms with van der Waals surface area (Å²) in [5, 5.41) is 13.3. The molecule has 0 fully saturated rings. The highest BCUT2D eigenvalue weighted by atomic mass is 32.2. The lowest BCUT2D eigenvalue weighted by molar-refractivity contribution is 0.471. The molecule has 0 spiro atoms. The summed E-state index contributed by atoms with van der Waals surface area (Å²) >= 11 is 0. The number of aromatic hydroxyl groups is 1. The predicted octanol–water partition coefficient (Wildman–Crippen LogP) is 1.23. The van der Waals surface area contributed by atoms with Gasteiger partial charge in [0.15, 0.2) is 0 Å². The van der Waals surface area contributed by atoms with E-state index in [4.69, 9.17) is 0 Å². The number of hydrogen-bond donors (Lipinski definition) is 2. The van der Waals surface area contributed by atoms with Crippen LogP contribution in [0.15, 0.2) is 35.5 Å². The van der Waals surface area contributed by atoms with Gasteiger partial charge in [0.2, 0.25) is 0 Å². The number of hydrogen-bond acceptors (Lipinski definition) is 4. The van der Waals surface area contributed by atoms with E-state index in [2.05, 4.69) is 9.82 Å². The smallest absolute Gasteiger partial charge is 0.265 e. The third-order valence-electron chi connectivity index (χ3n) is 2.45. The third kappa shape index (κ3) is 2.45. The maximum atomic E-state index is 12.0. The molecule has 2 N–H and O–H groups in total.